The van der Waals surface area contributed by atoms with Gasteiger partial charge in [0.15, 0.2) is 0 Å². The summed E-state index contributed by atoms with van der Waals surface area (Å²) in [6.45, 7) is 0.821. The van der Waals surface area contributed by atoms with Crippen LogP contribution >= 0.6 is 0 Å². The number of benzene rings is 1. The van der Waals surface area contributed by atoms with Crippen LogP contribution in [0.4, 0.5) is 5.69 Å². The van der Waals surface area contributed by atoms with E-state index >= 15 is 0 Å². The second-order valence-electron chi connectivity index (χ2n) is 4.23. The minimum absolute atomic E-state index is 0.101. The number of anilines is 1. The zero-order valence-corrected chi connectivity index (χ0v) is 11.2. The molecule has 94 valence electrons. The molecule has 1 aliphatic heterocycles. The number of hydrogen-bond donors (Lipinski definition) is 2. The summed E-state index contributed by atoms with van der Waals surface area (Å²) in [5.41, 5.74) is 8.15. The van der Waals surface area contributed by atoms with E-state index in [9.17, 15) is 4.79 Å². The van der Waals surface area contributed by atoms with Gasteiger partial charge in [-0.2, -0.15) is 0 Å². The summed E-state index contributed by atoms with van der Waals surface area (Å²) in [7, 11) is 0. The summed E-state index contributed by atoms with van der Waals surface area (Å²) in [5, 5.41) is 2.87. The third-order valence-electron chi connectivity index (χ3n) is 3.01. The van der Waals surface area contributed by atoms with Crippen LogP contribution in [0.15, 0.2) is 18.2 Å². The van der Waals surface area contributed by atoms with Gasteiger partial charge in [0.2, 0.25) is 0 Å². The summed E-state index contributed by atoms with van der Waals surface area (Å²) in [4.78, 5) is 12.1. The van der Waals surface area contributed by atoms with Crippen LogP contribution in [-0.4, -0.2) is 48.1 Å². The van der Waals surface area contributed by atoms with Crippen LogP contribution in [0.25, 0.3) is 11.0 Å². The topological polar surface area (TPSA) is 90.1 Å². The number of amides is 1. The van der Waals surface area contributed by atoms with Crippen molar-refractivity contribution < 1.29 is 9.53 Å². The Bertz CT molecular complexity index is 585. The first-order chi connectivity index (χ1) is 8.75. The Balaban J connectivity index is 1.84. The average molecular weight is 311 g/mol. The van der Waals surface area contributed by atoms with E-state index in [0.29, 0.717) is 18.9 Å². The molecule has 1 aromatic heterocycles. The number of nitrogens with zero attached hydrogens (tertiary/aromatic N) is 2. The summed E-state index contributed by atoms with van der Waals surface area (Å²) in [6, 6.07) is 5.36. The molecule has 0 radical (unpaired) electrons. The van der Waals surface area contributed by atoms with Crippen molar-refractivity contribution in [1.29, 1.82) is 0 Å². The molecule has 7 heteroatoms. The maximum atomic E-state index is 12.1. The molecule has 0 bridgehead atoms. The molecule has 3 rings (SSSR count). The van der Waals surface area contributed by atoms with E-state index in [1.807, 2.05) is 18.2 Å². The Morgan fingerprint density at radius 3 is 3.11 bits per heavy atom. The third-order valence-corrected chi connectivity index (χ3v) is 4.14. The van der Waals surface area contributed by atoms with Gasteiger partial charge in [-0.25, -0.2) is 0 Å². The number of carbonyl (C=O) groups excluding carboxylic acids is 1. The molecule has 2 atom stereocenters. The minimum atomic E-state index is -0.287. The van der Waals surface area contributed by atoms with E-state index < -0.39 is 0 Å². The van der Waals surface area contributed by atoms with E-state index in [4.69, 9.17) is 10.5 Å². The molecule has 1 aliphatic rings. The van der Waals surface area contributed by atoms with Crippen LogP contribution < -0.4 is 11.1 Å². The quantitative estimate of drug-likeness (QED) is 0.737. The van der Waals surface area contributed by atoms with Crippen molar-refractivity contribution in [3.8, 4) is 0 Å². The number of hydrogen-bond acceptors (Lipinski definition) is 5. The zero-order chi connectivity index (χ0) is 12.5. The number of aromatic nitrogens is 2. The van der Waals surface area contributed by atoms with E-state index in [1.54, 1.807) is 0 Å². The van der Waals surface area contributed by atoms with Crippen molar-refractivity contribution >= 4 is 37.6 Å². The van der Waals surface area contributed by atoms with Gasteiger partial charge in [-0.3, -0.25) is 0 Å². The number of fused-ring (bicyclic) bond motifs is 1. The SMILES string of the molecule is NC1COCC1C(=O)Nc1cccc2n[se]nc12. The molecule has 3 N–H and O–H groups in total. The van der Waals surface area contributed by atoms with Gasteiger partial charge < -0.3 is 0 Å². The Morgan fingerprint density at radius 1 is 1.44 bits per heavy atom. The Kier molecular flexibility index (Phi) is 3.13. The van der Waals surface area contributed by atoms with Crippen molar-refractivity contribution in [2.75, 3.05) is 18.5 Å². The molecule has 1 fully saturated rings. The van der Waals surface area contributed by atoms with E-state index in [-0.39, 0.29) is 32.8 Å². The van der Waals surface area contributed by atoms with Gasteiger partial charge in [-0.15, -0.1) is 0 Å². The average Bonchev–Trinajstić information content (AvgIpc) is 2.97. The van der Waals surface area contributed by atoms with Gasteiger partial charge in [0.1, 0.15) is 0 Å². The van der Waals surface area contributed by atoms with Gasteiger partial charge in [0.25, 0.3) is 0 Å². The third kappa shape index (κ3) is 2.06. The van der Waals surface area contributed by atoms with Gasteiger partial charge in [0.05, 0.1) is 0 Å². The fourth-order valence-corrected chi connectivity index (χ4v) is 3.13. The Labute approximate surface area is 110 Å². The number of carbonyl (C=O) groups is 1. The molecule has 1 saturated heterocycles. The monoisotopic (exact) mass is 312 g/mol. The molecule has 0 spiro atoms. The predicted octanol–water partition coefficient (Wildman–Crippen LogP) is -0.401. The second kappa shape index (κ2) is 4.78. The molecule has 2 unspecified atom stereocenters. The predicted molar refractivity (Wildman–Crippen MR) is 67.4 cm³/mol. The number of nitrogens with one attached hydrogen (secondary N) is 1. The Morgan fingerprint density at radius 2 is 2.33 bits per heavy atom. The summed E-state index contributed by atoms with van der Waals surface area (Å²) in [6.07, 6.45) is 0. The van der Waals surface area contributed by atoms with Crippen LogP contribution in [0.1, 0.15) is 0 Å². The van der Waals surface area contributed by atoms with Gasteiger partial charge in [0, 0.05) is 0 Å². The van der Waals surface area contributed by atoms with Crippen molar-refractivity contribution in [1.82, 2.24) is 7.96 Å². The van der Waals surface area contributed by atoms with Gasteiger partial charge in [-0.05, 0) is 0 Å². The van der Waals surface area contributed by atoms with Crippen molar-refractivity contribution in [2.24, 2.45) is 11.7 Å². The van der Waals surface area contributed by atoms with Crippen LogP contribution in [-0.2, 0) is 9.53 Å². The van der Waals surface area contributed by atoms with Crippen molar-refractivity contribution in [2.45, 2.75) is 6.04 Å². The van der Waals surface area contributed by atoms with E-state index in [2.05, 4.69) is 13.3 Å². The standard InChI is InChI=1S/C11H12N4O2Se/c12-7-5-17-4-6(7)11(16)13-8-2-1-3-9-10(8)15-18-14-9/h1-3,6-7H,4-5,12H2,(H,13,16). The number of ether oxygens (including phenoxy) is 1. The zero-order valence-electron chi connectivity index (χ0n) is 9.50. The Hall–Kier alpha value is -1.27. The summed E-state index contributed by atoms with van der Waals surface area (Å²) in [5.74, 6) is -0.396. The molecule has 2 aromatic rings. The molecule has 0 aliphatic carbocycles. The molecule has 1 aromatic carbocycles. The van der Waals surface area contributed by atoms with Gasteiger partial charge >= 0.3 is 110 Å². The normalized spacial score (nSPS) is 23.4. The fraction of sp³-hybridized carbons (Fsp3) is 0.364. The first-order valence-corrected chi connectivity index (χ1v) is 7.14. The molecule has 0 saturated carbocycles. The van der Waals surface area contributed by atoms with Crippen LogP contribution in [0.3, 0.4) is 0 Å². The van der Waals surface area contributed by atoms with Crippen LogP contribution in [0, 0.1) is 5.92 Å². The van der Waals surface area contributed by atoms with Crippen molar-refractivity contribution in [3.63, 3.8) is 0 Å². The molecule has 18 heavy (non-hydrogen) atoms. The van der Waals surface area contributed by atoms with E-state index in [0.717, 1.165) is 11.0 Å². The first kappa shape index (κ1) is 11.8. The maximum absolute atomic E-state index is 12.1. The molecule has 1 amide bonds. The van der Waals surface area contributed by atoms with Crippen molar-refractivity contribution in [3.05, 3.63) is 18.2 Å². The first-order valence-electron chi connectivity index (χ1n) is 5.61. The number of nitrogens with two attached hydrogens (primary N) is 1. The van der Waals surface area contributed by atoms with Gasteiger partial charge in [-0.1, -0.05) is 0 Å². The molecule has 2 heterocycles. The molecule has 6 nitrogen and oxygen atoms in total. The summed E-state index contributed by atoms with van der Waals surface area (Å²) >= 11 is -0.101. The van der Waals surface area contributed by atoms with Crippen LogP contribution in [0.5, 0.6) is 0 Å². The summed E-state index contributed by atoms with van der Waals surface area (Å²) < 4.78 is 13.8. The fourth-order valence-electron chi connectivity index (χ4n) is 1.97. The number of rotatable bonds is 2. The second-order valence-corrected chi connectivity index (χ2v) is 5.34. The molecular formula is C11H12N4O2Se. The van der Waals surface area contributed by atoms with Crippen LogP contribution in [0.2, 0.25) is 0 Å². The molecular weight excluding hydrogens is 299 g/mol. The van der Waals surface area contributed by atoms with E-state index in [1.165, 1.54) is 0 Å².